The molecule has 7 heteroatoms. The van der Waals surface area contributed by atoms with Gasteiger partial charge >= 0.3 is 5.97 Å². The van der Waals surface area contributed by atoms with Gasteiger partial charge in [-0.05, 0) is 11.8 Å². The third-order valence-electron chi connectivity index (χ3n) is 7.57. The molecule has 0 aliphatic carbocycles. The number of hydrogen-bond acceptors (Lipinski definition) is 5. The first-order chi connectivity index (χ1) is 19.2. The van der Waals surface area contributed by atoms with E-state index in [1.165, 1.54) is 70.6 Å². The Kier molecular flexibility index (Phi) is 15.6. The minimum atomic E-state index is -0.957. The van der Waals surface area contributed by atoms with Crippen LogP contribution in [0, 0.1) is 11.3 Å². The van der Waals surface area contributed by atoms with Crippen LogP contribution in [-0.4, -0.2) is 27.1 Å². The number of nitrogens with zero attached hydrogens (tertiary/aromatic N) is 2. The van der Waals surface area contributed by atoms with E-state index in [1.807, 2.05) is 51.1 Å². The van der Waals surface area contributed by atoms with Crippen molar-refractivity contribution in [1.29, 1.82) is 0 Å². The lowest BCUT2D eigenvalue weighted by Gasteiger charge is -2.29. The number of aromatic nitrogens is 2. The monoisotopic (exact) mass is 555 g/mol. The lowest BCUT2D eigenvalue weighted by Crippen LogP contribution is -2.40. The largest absolute Gasteiger partial charge is 0.481 e. The van der Waals surface area contributed by atoms with Crippen LogP contribution in [0.4, 0.5) is 0 Å². The van der Waals surface area contributed by atoms with Gasteiger partial charge in [0.05, 0.1) is 6.42 Å². The van der Waals surface area contributed by atoms with Gasteiger partial charge in [-0.3, -0.25) is 9.59 Å². The number of carbonyl (C=O) groups excluding carboxylic acids is 1. The van der Waals surface area contributed by atoms with Gasteiger partial charge in [0.15, 0.2) is 0 Å². The van der Waals surface area contributed by atoms with Crippen LogP contribution >= 0.6 is 0 Å². The fourth-order valence-corrected chi connectivity index (χ4v) is 5.09. The Balaban J connectivity index is 1.77. The van der Waals surface area contributed by atoms with Crippen molar-refractivity contribution in [1.82, 2.24) is 15.5 Å². The van der Waals surface area contributed by atoms with Gasteiger partial charge in [-0.15, -0.1) is 0 Å². The van der Waals surface area contributed by atoms with E-state index < -0.39 is 23.3 Å². The molecule has 0 saturated carbocycles. The summed E-state index contributed by atoms with van der Waals surface area (Å²) in [7, 11) is 0. The zero-order chi connectivity index (χ0) is 29.2. The lowest BCUT2D eigenvalue weighted by atomic mass is 9.85. The van der Waals surface area contributed by atoms with Gasteiger partial charge in [-0.1, -0.05) is 153 Å². The van der Waals surface area contributed by atoms with Crippen molar-refractivity contribution in [3.8, 4) is 11.4 Å². The number of aliphatic carboxylic acids is 1. The zero-order valence-corrected chi connectivity index (χ0v) is 25.4. The van der Waals surface area contributed by atoms with Crippen molar-refractivity contribution < 1.29 is 19.2 Å². The average Bonchev–Trinajstić information content (AvgIpc) is 3.40. The van der Waals surface area contributed by atoms with E-state index in [0.717, 1.165) is 24.8 Å². The summed E-state index contributed by atoms with van der Waals surface area (Å²) in [5, 5.41) is 16.6. The van der Waals surface area contributed by atoms with E-state index in [4.69, 9.17) is 4.52 Å². The fraction of sp³-hybridized carbons (Fsp3) is 0.697. The average molecular weight is 556 g/mol. The van der Waals surface area contributed by atoms with Crippen molar-refractivity contribution in [2.75, 3.05) is 0 Å². The highest BCUT2D eigenvalue weighted by atomic mass is 16.5. The molecule has 0 unspecified atom stereocenters. The Hall–Kier alpha value is -2.70. The summed E-state index contributed by atoms with van der Waals surface area (Å²) in [6.07, 6.45) is 18.0. The molecule has 0 saturated heterocycles. The van der Waals surface area contributed by atoms with Crippen molar-refractivity contribution in [2.24, 2.45) is 11.3 Å². The summed E-state index contributed by atoms with van der Waals surface area (Å²) in [4.78, 5) is 29.4. The minimum Gasteiger partial charge on any atom is -0.481 e. The van der Waals surface area contributed by atoms with Crippen molar-refractivity contribution in [3.63, 3.8) is 0 Å². The summed E-state index contributed by atoms with van der Waals surface area (Å²) in [5.74, 6) is -1.02. The second-order valence-corrected chi connectivity index (χ2v) is 12.3. The van der Waals surface area contributed by atoms with E-state index in [1.54, 1.807) is 0 Å². The lowest BCUT2D eigenvalue weighted by molar-refractivity contribution is -0.141. The number of amides is 1. The Bertz CT molecular complexity index is 968. The third kappa shape index (κ3) is 13.1. The number of carboxylic acids is 1. The topological polar surface area (TPSA) is 105 Å². The summed E-state index contributed by atoms with van der Waals surface area (Å²) in [6, 6.07) is 9.00. The molecule has 7 nitrogen and oxygen atoms in total. The van der Waals surface area contributed by atoms with Crippen LogP contribution in [0.5, 0.6) is 0 Å². The third-order valence-corrected chi connectivity index (χ3v) is 7.57. The molecule has 0 bridgehead atoms. The second kappa shape index (κ2) is 18.6. The van der Waals surface area contributed by atoms with Crippen LogP contribution < -0.4 is 5.32 Å². The normalized spacial score (nSPS) is 13.2. The van der Waals surface area contributed by atoms with Crippen LogP contribution in [0.1, 0.15) is 142 Å². The first-order valence-corrected chi connectivity index (χ1v) is 15.6. The Morgan fingerprint density at radius 1 is 0.850 bits per heavy atom. The molecule has 1 amide bonds. The SMILES string of the molecule is CCCCCCCCCCCCCCCC[C@H](CC(=O)O)C(=O)N[C@H](c1nc(-c2ccccc2)no1)C(C)(C)C. The molecule has 2 rings (SSSR count). The fourth-order valence-electron chi connectivity index (χ4n) is 5.09. The van der Waals surface area contributed by atoms with Gasteiger partial charge in [0.1, 0.15) is 6.04 Å². The number of nitrogens with one attached hydrogen (secondary N) is 1. The standard InChI is InChI=1S/C33H53N3O4/c1-5-6-7-8-9-10-11-12-13-14-15-16-17-19-24-27(25-28(37)38)31(39)34-29(33(2,3)4)32-35-30(36-40-32)26-22-20-18-21-23-26/h18,20-23,27,29H,5-17,19,24-25H2,1-4H3,(H,34,39)(H,37,38)/t27-,29-/m1/s1. The molecule has 0 fully saturated rings. The van der Waals surface area contributed by atoms with Gasteiger partial charge in [0.25, 0.3) is 0 Å². The number of unbranched alkanes of at least 4 members (excludes halogenated alkanes) is 13. The zero-order valence-electron chi connectivity index (χ0n) is 25.4. The molecule has 2 aromatic rings. The maximum Gasteiger partial charge on any atom is 0.304 e. The van der Waals surface area contributed by atoms with E-state index in [9.17, 15) is 14.7 Å². The molecule has 0 radical (unpaired) electrons. The van der Waals surface area contributed by atoms with Crippen molar-refractivity contribution in [3.05, 3.63) is 36.2 Å². The summed E-state index contributed by atoms with van der Waals surface area (Å²) >= 11 is 0. The molecular formula is C33H53N3O4. The Labute approximate surface area is 241 Å². The molecule has 0 aliphatic heterocycles. The molecule has 40 heavy (non-hydrogen) atoms. The predicted octanol–water partition coefficient (Wildman–Crippen LogP) is 8.90. The maximum absolute atomic E-state index is 13.3. The Morgan fingerprint density at radius 2 is 1.38 bits per heavy atom. The van der Waals surface area contributed by atoms with E-state index >= 15 is 0 Å². The first-order valence-electron chi connectivity index (χ1n) is 15.6. The number of benzene rings is 1. The summed E-state index contributed by atoms with van der Waals surface area (Å²) < 4.78 is 5.56. The predicted molar refractivity (Wildman–Crippen MR) is 161 cm³/mol. The highest BCUT2D eigenvalue weighted by molar-refractivity contribution is 5.83. The highest BCUT2D eigenvalue weighted by Gasteiger charge is 2.35. The minimum absolute atomic E-state index is 0.180. The van der Waals surface area contributed by atoms with Crippen LogP contribution in [0.2, 0.25) is 0 Å². The van der Waals surface area contributed by atoms with E-state index in [0.29, 0.717) is 18.1 Å². The van der Waals surface area contributed by atoms with Gasteiger partial charge < -0.3 is 14.9 Å². The highest BCUT2D eigenvalue weighted by Crippen LogP contribution is 2.33. The van der Waals surface area contributed by atoms with Crippen molar-refractivity contribution in [2.45, 2.75) is 136 Å². The summed E-state index contributed by atoms with van der Waals surface area (Å²) in [6.45, 7) is 8.23. The molecule has 0 spiro atoms. The molecule has 1 aromatic heterocycles. The number of hydrogen-bond donors (Lipinski definition) is 2. The summed E-state index contributed by atoms with van der Waals surface area (Å²) in [5.41, 5.74) is 0.428. The molecule has 1 heterocycles. The maximum atomic E-state index is 13.3. The smallest absolute Gasteiger partial charge is 0.304 e. The molecule has 0 aliphatic rings. The molecule has 2 N–H and O–H groups in total. The Morgan fingerprint density at radius 3 is 1.88 bits per heavy atom. The second-order valence-electron chi connectivity index (χ2n) is 12.3. The van der Waals surface area contributed by atoms with Crippen LogP contribution in [0.3, 0.4) is 0 Å². The van der Waals surface area contributed by atoms with Gasteiger partial charge in [-0.25, -0.2) is 0 Å². The van der Waals surface area contributed by atoms with Gasteiger partial charge in [0, 0.05) is 11.5 Å². The quantitative estimate of drug-likeness (QED) is 0.149. The first kappa shape index (κ1) is 33.5. The van der Waals surface area contributed by atoms with Crippen LogP contribution in [-0.2, 0) is 9.59 Å². The number of carboxylic acid groups (broad SMARTS) is 1. The molecule has 1 aromatic carbocycles. The van der Waals surface area contributed by atoms with Crippen LogP contribution in [0.15, 0.2) is 34.9 Å². The van der Waals surface area contributed by atoms with E-state index in [-0.39, 0.29) is 12.3 Å². The molecular weight excluding hydrogens is 502 g/mol. The molecule has 224 valence electrons. The van der Waals surface area contributed by atoms with Gasteiger partial charge in [0.2, 0.25) is 17.6 Å². The van der Waals surface area contributed by atoms with Crippen molar-refractivity contribution >= 4 is 11.9 Å². The van der Waals surface area contributed by atoms with Gasteiger partial charge in [-0.2, -0.15) is 4.98 Å². The van der Waals surface area contributed by atoms with E-state index in [2.05, 4.69) is 22.4 Å². The van der Waals surface area contributed by atoms with Crippen LogP contribution in [0.25, 0.3) is 11.4 Å². The molecule has 2 atom stereocenters. The number of rotatable bonds is 21. The number of carbonyl (C=O) groups is 2.